The van der Waals surface area contributed by atoms with Crippen molar-refractivity contribution in [1.82, 2.24) is 14.8 Å². The summed E-state index contributed by atoms with van der Waals surface area (Å²) in [6.45, 7) is 5.42. The number of amides is 1. The van der Waals surface area contributed by atoms with Gasteiger partial charge in [0.05, 0.1) is 23.0 Å². The lowest BCUT2D eigenvalue weighted by Gasteiger charge is -2.24. The normalized spacial score (nSPS) is 16.6. The third-order valence-corrected chi connectivity index (χ3v) is 5.67. The maximum atomic E-state index is 12.4. The zero-order valence-electron chi connectivity index (χ0n) is 16.5. The summed E-state index contributed by atoms with van der Waals surface area (Å²) in [4.78, 5) is 12.4. The molecule has 3 aromatic rings. The summed E-state index contributed by atoms with van der Waals surface area (Å²) < 4.78 is 15.5. The molecule has 0 spiro atoms. The Labute approximate surface area is 173 Å². The number of rotatable bonds is 6. The molecule has 2 aromatic heterocycles. The van der Waals surface area contributed by atoms with Gasteiger partial charge in [-0.1, -0.05) is 11.6 Å². The van der Waals surface area contributed by atoms with Crippen molar-refractivity contribution >= 4 is 23.1 Å². The number of carbonyl (C=O) groups excluding carboxylic acids is 1. The molecule has 1 aromatic carbocycles. The number of hydrogen-bond donors (Lipinski definition) is 2. The number of nitrogens with zero attached hydrogens (tertiary/aromatic N) is 2. The van der Waals surface area contributed by atoms with Gasteiger partial charge >= 0.3 is 0 Å². The number of carbonyl (C=O) groups is 1. The highest BCUT2D eigenvalue weighted by Crippen LogP contribution is 2.37. The van der Waals surface area contributed by atoms with E-state index in [1.165, 1.54) is 24.4 Å². The Kier molecular flexibility index (Phi) is 5.92. The summed E-state index contributed by atoms with van der Waals surface area (Å²) in [5.74, 6) is 1.28. The quantitative estimate of drug-likeness (QED) is 0.631. The molecule has 0 radical (unpaired) electrons. The van der Waals surface area contributed by atoms with Gasteiger partial charge in [0.15, 0.2) is 0 Å². The van der Waals surface area contributed by atoms with Crippen LogP contribution in [0.2, 0.25) is 0 Å². The van der Waals surface area contributed by atoms with Gasteiger partial charge in [-0.3, -0.25) is 4.79 Å². The molecule has 0 unspecified atom stereocenters. The van der Waals surface area contributed by atoms with Crippen molar-refractivity contribution in [3.05, 3.63) is 46.8 Å². The van der Waals surface area contributed by atoms with Crippen LogP contribution in [0.5, 0.6) is 5.75 Å². The van der Waals surface area contributed by atoms with E-state index in [9.17, 15) is 4.79 Å². The number of aromatic nitrogens is 2. The molecular formula is C21H24N4O3S. The number of aryl methyl sites for hydroxylation is 2. The first kappa shape index (κ1) is 19.6. The van der Waals surface area contributed by atoms with Gasteiger partial charge in [-0.2, -0.15) is 0 Å². The number of nitrogens with one attached hydrogen (secondary N) is 2. The molecule has 1 aliphatic rings. The second-order valence-corrected chi connectivity index (χ2v) is 7.89. The summed E-state index contributed by atoms with van der Waals surface area (Å²) in [6.07, 6.45) is 5.11. The predicted molar refractivity (Wildman–Crippen MR) is 113 cm³/mol. The molecule has 7 nitrogen and oxygen atoms in total. The van der Waals surface area contributed by atoms with Crippen LogP contribution >= 0.6 is 11.5 Å². The fraction of sp³-hybridized carbons (Fsp3) is 0.381. The van der Waals surface area contributed by atoms with Crippen LogP contribution < -0.4 is 15.4 Å². The molecule has 4 rings (SSSR count). The third kappa shape index (κ3) is 4.49. The van der Waals surface area contributed by atoms with Crippen molar-refractivity contribution in [2.75, 3.05) is 18.5 Å². The molecule has 1 aliphatic heterocycles. The number of benzene rings is 1. The van der Waals surface area contributed by atoms with E-state index in [0.717, 1.165) is 35.5 Å². The predicted octanol–water partition coefficient (Wildman–Crippen LogP) is 4.19. The molecule has 1 saturated heterocycles. The molecule has 152 valence electrons. The van der Waals surface area contributed by atoms with Gasteiger partial charge in [0.25, 0.3) is 5.91 Å². The molecule has 8 heteroatoms. The van der Waals surface area contributed by atoms with Crippen LogP contribution in [0, 0.1) is 13.8 Å². The first-order valence-corrected chi connectivity index (χ1v) is 10.6. The van der Waals surface area contributed by atoms with Crippen LogP contribution in [0.15, 0.2) is 34.3 Å². The van der Waals surface area contributed by atoms with Crippen molar-refractivity contribution in [1.29, 1.82) is 0 Å². The Morgan fingerprint density at radius 1 is 1.38 bits per heavy atom. The smallest absolute Gasteiger partial charge is 0.258 e. The summed E-state index contributed by atoms with van der Waals surface area (Å²) in [5, 5.41) is 12.2. The fourth-order valence-electron chi connectivity index (χ4n) is 3.57. The van der Waals surface area contributed by atoms with Crippen molar-refractivity contribution in [3.63, 3.8) is 0 Å². The van der Waals surface area contributed by atoms with E-state index in [4.69, 9.17) is 9.26 Å². The van der Waals surface area contributed by atoms with Gasteiger partial charge in [-0.05, 0) is 63.0 Å². The van der Waals surface area contributed by atoms with E-state index < -0.39 is 0 Å². The van der Waals surface area contributed by atoms with Gasteiger partial charge < -0.3 is 19.9 Å². The minimum absolute atomic E-state index is 0.191. The second-order valence-electron chi connectivity index (χ2n) is 7.24. The third-order valence-electron chi connectivity index (χ3n) is 5.09. The van der Waals surface area contributed by atoms with Crippen LogP contribution in [-0.4, -0.2) is 34.6 Å². The minimum atomic E-state index is -0.191. The van der Waals surface area contributed by atoms with Crippen LogP contribution in [0.1, 0.15) is 41.1 Å². The van der Waals surface area contributed by atoms with E-state index >= 15 is 0 Å². The number of piperidine rings is 1. The van der Waals surface area contributed by atoms with E-state index in [0.29, 0.717) is 29.7 Å². The maximum Gasteiger partial charge on any atom is 0.258 e. The number of anilines is 1. The Morgan fingerprint density at radius 2 is 2.28 bits per heavy atom. The van der Waals surface area contributed by atoms with Crippen molar-refractivity contribution in [3.8, 4) is 16.9 Å². The lowest BCUT2D eigenvalue weighted by Crippen LogP contribution is -2.38. The van der Waals surface area contributed by atoms with Crippen molar-refractivity contribution in [2.24, 2.45) is 0 Å². The first-order valence-electron chi connectivity index (χ1n) is 9.76. The number of hydrogen-bond acceptors (Lipinski definition) is 7. The monoisotopic (exact) mass is 412 g/mol. The molecule has 3 heterocycles. The summed E-state index contributed by atoms with van der Waals surface area (Å²) in [6, 6.07) is 6.01. The molecule has 1 atom stereocenters. The average Bonchev–Trinajstić information content (AvgIpc) is 3.38. The molecule has 0 saturated carbocycles. The molecule has 1 amide bonds. The largest absolute Gasteiger partial charge is 0.491 e. The van der Waals surface area contributed by atoms with Crippen molar-refractivity contribution < 1.29 is 14.1 Å². The Morgan fingerprint density at radius 3 is 2.97 bits per heavy atom. The fourth-order valence-corrected chi connectivity index (χ4v) is 4.09. The number of ether oxygens (including phenoxy) is 1. The maximum absolute atomic E-state index is 12.4. The van der Waals surface area contributed by atoms with Gasteiger partial charge in [0.1, 0.15) is 18.1 Å². The molecule has 29 heavy (non-hydrogen) atoms. The van der Waals surface area contributed by atoms with E-state index in [1.54, 1.807) is 11.6 Å². The van der Waals surface area contributed by atoms with Crippen LogP contribution in [0.25, 0.3) is 11.1 Å². The summed E-state index contributed by atoms with van der Waals surface area (Å²) in [7, 11) is 0. The SMILES string of the molecule is Cc1noc(C)c1-c1cc(NC(=O)c2cnsc2)ccc1OC[C@H]1CCCCN1. The second kappa shape index (κ2) is 8.75. The molecule has 2 N–H and O–H groups in total. The van der Waals surface area contributed by atoms with Gasteiger partial charge in [-0.25, -0.2) is 4.37 Å². The van der Waals surface area contributed by atoms with E-state index in [-0.39, 0.29) is 5.91 Å². The molecule has 1 fully saturated rings. The topological polar surface area (TPSA) is 89.3 Å². The molecule has 0 bridgehead atoms. The highest BCUT2D eigenvalue weighted by Gasteiger charge is 2.20. The molecule has 0 aliphatic carbocycles. The Bertz CT molecular complexity index is 958. The lowest BCUT2D eigenvalue weighted by molar-refractivity contribution is 0.102. The standard InChI is InChI=1S/C21H24N4O3S/c1-13-20(14(2)28-25-13)18-9-16(24-21(26)15-10-23-29-12-15)6-7-19(18)27-11-17-5-3-4-8-22-17/h6-7,9-10,12,17,22H,3-5,8,11H2,1-2H3,(H,24,26)/t17-/m1/s1. The van der Waals surface area contributed by atoms with Crippen LogP contribution in [-0.2, 0) is 0 Å². The van der Waals surface area contributed by atoms with Gasteiger partial charge in [0, 0.05) is 22.7 Å². The van der Waals surface area contributed by atoms with Crippen LogP contribution in [0.4, 0.5) is 5.69 Å². The zero-order valence-corrected chi connectivity index (χ0v) is 17.3. The first-order chi connectivity index (χ1) is 14.1. The van der Waals surface area contributed by atoms with Crippen LogP contribution in [0.3, 0.4) is 0 Å². The Hall–Kier alpha value is -2.71. The highest BCUT2D eigenvalue weighted by molar-refractivity contribution is 7.03. The Balaban J connectivity index is 1.60. The zero-order chi connectivity index (χ0) is 20.2. The summed E-state index contributed by atoms with van der Waals surface area (Å²) in [5.41, 5.74) is 3.76. The van der Waals surface area contributed by atoms with Crippen molar-refractivity contribution in [2.45, 2.75) is 39.2 Å². The molecular weight excluding hydrogens is 388 g/mol. The minimum Gasteiger partial charge on any atom is -0.491 e. The van der Waals surface area contributed by atoms with Gasteiger partial charge in [0.2, 0.25) is 0 Å². The van der Waals surface area contributed by atoms with E-state index in [2.05, 4.69) is 20.2 Å². The highest BCUT2D eigenvalue weighted by atomic mass is 32.1. The van der Waals surface area contributed by atoms with Gasteiger partial charge in [-0.15, -0.1) is 0 Å². The average molecular weight is 413 g/mol. The van der Waals surface area contributed by atoms with E-state index in [1.807, 2.05) is 32.0 Å². The summed E-state index contributed by atoms with van der Waals surface area (Å²) >= 11 is 1.25. The lowest BCUT2D eigenvalue weighted by atomic mass is 10.0.